The van der Waals surface area contributed by atoms with Crippen molar-refractivity contribution in [3.63, 3.8) is 0 Å². The number of nitrogens with two attached hydrogens (primary N) is 1. The van der Waals surface area contributed by atoms with Crippen molar-refractivity contribution < 1.29 is 28.6 Å². The summed E-state index contributed by atoms with van der Waals surface area (Å²) in [5.41, 5.74) is 3.37. The predicted octanol–water partition coefficient (Wildman–Crippen LogP) is 7.79. The predicted molar refractivity (Wildman–Crippen MR) is 175 cm³/mol. The number of nitrogens with zero attached hydrogens (tertiary/aromatic N) is 1. The maximum absolute atomic E-state index is 15.2. The van der Waals surface area contributed by atoms with Crippen LogP contribution in [0.25, 0.3) is 0 Å². The second kappa shape index (κ2) is 15.5. The van der Waals surface area contributed by atoms with Gasteiger partial charge in [-0.1, -0.05) is 56.0 Å². The van der Waals surface area contributed by atoms with E-state index in [2.05, 4.69) is 17.9 Å². The number of anilines is 1. The normalized spacial score (nSPS) is 21.4. The molecule has 7 nitrogen and oxygen atoms in total. The minimum absolute atomic E-state index is 0.103. The zero-order valence-corrected chi connectivity index (χ0v) is 27.6. The van der Waals surface area contributed by atoms with Crippen molar-refractivity contribution in [1.82, 2.24) is 0 Å². The molecule has 0 saturated heterocycles. The molecular formula is C34H44ClFN2O5S. The average molecular weight is 647 g/mol. The summed E-state index contributed by atoms with van der Waals surface area (Å²) in [6.45, 7) is 9.02. The first-order chi connectivity index (χ1) is 21.0. The smallest absolute Gasteiger partial charge is 0.335 e. The summed E-state index contributed by atoms with van der Waals surface area (Å²) in [5, 5.41) is 15.9. The molecule has 1 saturated carbocycles. The van der Waals surface area contributed by atoms with Crippen molar-refractivity contribution in [2.45, 2.75) is 83.5 Å². The molecule has 1 fully saturated rings. The lowest BCUT2D eigenvalue weighted by molar-refractivity contribution is -0.150. The number of ether oxygens (including phenoxy) is 2. The highest BCUT2D eigenvalue weighted by Crippen LogP contribution is 2.44. The number of esters is 1. The van der Waals surface area contributed by atoms with Gasteiger partial charge in [-0.15, -0.1) is 0 Å². The number of hydrogen-bond acceptors (Lipinski definition) is 7. The van der Waals surface area contributed by atoms with Crippen LogP contribution in [0.15, 0.2) is 42.0 Å². The number of hydrogen-bond donors (Lipinski definition) is 2. The van der Waals surface area contributed by atoms with Crippen molar-refractivity contribution in [1.29, 1.82) is 0 Å². The van der Waals surface area contributed by atoms with Gasteiger partial charge in [0.15, 0.2) is 0 Å². The molecule has 0 aromatic heterocycles. The minimum Gasteiger partial charge on any atom is -0.491 e. The number of allylic oxidation sites excluding steroid dienone is 1. The van der Waals surface area contributed by atoms with E-state index < -0.39 is 11.8 Å². The maximum atomic E-state index is 15.2. The van der Waals surface area contributed by atoms with Crippen LogP contribution in [-0.2, 0) is 16.0 Å². The fourth-order valence-corrected chi connectivity index (χ4v) is 6.86. The van der Waals surface area contributed by atoms with Crippen LogP contribution in [0.2, 0.25) is 5.02 Å². The van der Waals surface area contributed by atoms with E-state index >= 15 is 4.39 Å². The molecule has 4 unspecified atom stereocenters. The average Bonchev–Trinajstić information content (AvgIpc) is 3.16. The molecule has 240 valence electrons. The Morgan fingerprint density at radius 2 is 2.05 bits per heavy atom. The Morgan fingerprint density at radius 1 is 1.27 bits per heavy atom. The van der Waals surface area contributed by atoms with Crippen LogP contribution in [0.4, 0.5) is 10.1 Å². The summed E-state index contributed by atoms with van der Waals surface area (Å²) < 4.78 is 27.4. The number of aromatic carboxylic acids is 1. The van der Waals surface area contributed by atoms with E-state index in [1.165, 1.54) is 18.9 Å². The molecule has 0 spiro atoms. The van der Waals surface area contributed by atoms with Crippen molar-refractivity contribution >= 4 is 41.2 Å². The van der Waals surface area contributed by atoms with E-state index in [1.807, 2.05) is 19.9 Å². The molecule has 2 aromatic rings. The van der Waals surface area contributed by atoms with E-state index in [4.69, 9.17) is 26.2 Å². The Balaban J connectivity index is 1.65. The lowest BCUT2D eigenvalue weighted by atomic mass is 9.68. The van der Waals surface area contributed by atoms with Crippen LogP contribution in [0.5, 0.6) is 5.75 Å². The van der Waals surface area contributed by atoms with Gasteiger partial charge in [0.2, 0.25) is 0 Å². The Hall–Kier alpha value is -2.75. The monoisotopic (exact) mass is 646 g/mol. The Bertz CT molecular complexity index is 1370. The van der Waals surface area contributed by atoms with Crippen molar-refractivity contribution in [2.24, 2.45) is 17.0 Å². The third kappa shape index (κ3) is 8.09. The number of carbonyl (C=O) groups excluding carboxylic acids is 1. The van der Waals surface area contributed by atoms with Crippen LogP contribution in [0, 0.1) is 17.7 Å². The van der Waals surface area contributed by atoms with E-state index in [0.29, 0.717) is 48.4 Å². The molecule has 1 heterocycles. The van der Waals surface area contributed by atoms with Gasteiger partial charge in [0.05, 0.1) is 22.9 Å². The lowest BCUT2D eigenvalue weighted by Gasteiger charge is -2.44. The number of carbonyl (C=O) groups is 2. The molecule has 0 radical (unpaired) electrons. The summed E-state index contributed by atoms with van der Waals surface area (Å²) in [6, 6.07) is 8.41. The second-order valence-electron chi connectivity index (χ2n) is 12.1. The summed E-state index contributed by atoms with van der Waals surface area (Å²) in [7, 11) is 0. The fraction of sp³-hybridized carbons (Fsp3) is 0.529. The number of benzene rings is 2. The number of rotatable bonds is 13. The molecule has 5 atom stereocenters. The quantitative estimate of drug-likeness (QED) is 0.129. The molecule has 4 rings (SSSR count). The molecule has 1 aliphatic heterocycles. The standard InChI is InChI=1S/C34H44ClFN2O5S/c1-5-7-28-26(13-14-29(35)32(28)36)25-18-38(30-16-23(34(40)41)11-15-31(30)42-19-25)17-24-10-12-27(24)33(43-22(4)39)20(2)8-6-9-21(3)44-37/h8,11,13-16,21,24-25,27,33H,5-7,9-10,12,17-19,37H2,1-4H3,(H,40,41)/b20-8+/t21?,24-,25?,27?,33?/m0/s1. The molecule has 0 amide bonds. The zero-order valence-electron chi connectivity index (χ0n) is 26.0. The topological polar surface area (TPSA) is 102 Å². The first-order valence-corrected chi connectivity index (χ1v) is 16.8. The van der Waals surface area contributed by atoms with Crippen LogP contribution >= 0.6 is 23.5 Å². The van der Waals surface area contributed by atoms with Gasteiger partial charge in [-0.2, -0.15) is 0 Å². The number of fused-ring (bicyclic) bond motifs is 1. The molecule has 2 aliphatic rings. The van der Waals surface area contributed by atoms with E-state index in [0.717, 1.165) is 43.2 Å². The van der Waals surface area contributed by atoms with Gasteiger partial charge in [-0.25, -0.2) is 9.18 Å². The zero-order chi connectivity index (χ0) is 32.0. The van der Waals surface area contributed by atoms with Gasteiger partial charge < -0.3 is 19.5 Å². The fourth-order valence-electron chi connectivity index (χ4n) is 6.41. The molecular weight excluding hydrogens is 603 g/mol. The summed E-state index contributed by atoms with van der Waals surface area (Å²) in [4.78, 5) is 26.3. The third-order valence-electron chi connectivity index (χ3n) is 8.93. The number of halogens is 2. The largest absolute Gasteiger partial charge is 0.491 e. The summed E-state index contributed by atoms with van der Waals surface area (Å²) >= 11 is 7.52. The van der Waals surface area contributed by atoms with Gasteiger partial charge in [0, 0.05) is 37.1 Å². The molecule has 3 N–H and O–H groups in total. The highest BCUT2D eigenvalue weighted by molar-refractivity contribution is 7.97. The van der Waals surface area contributed by atoms with E-state index in [-0.39, 0.29) is 40.4 Å². The number of carboxylic acid groups (broad SMARTS) is 1. The van der Waals surface area contributed by atoms with Gasteiger partial charge in [-0.3, -0.25) is 9.93 Å². The van der Waals surface area contributed by atoms with Crippen LogP contribution in [0.3, 0.4) is 0 Å². The highest BCUT2D eigenvalue weighted by atomic mass is 35.5. The van der Waals surface area contributed by atoms with Crippen molar-refractivity contribution in [3.05, 3.63) is 69.5 Å². The van der Waals surface area contributed by atoms with E-state index in [1.54, 1.807) is 24.3 Å². The molecule has 2 aromatic carbocycles. The van der Waals surface area contributed by atoms with Gasteiger partial charge in [0.25, 0.3) is 0 Å². The summed E-state index contributed by atoms with van der Waals surface area (Å²) in [5.74, 6) is -0.981. The van der Waals surface area contributed by atoms with Gasteiger partial charge in [-0.05, 0) is 85.9 Å². The van der Waals surface area contributed by atoms with Gasteiger partial charge >= 0.3 is 11.9 Å². The lowest BCUT2D eigenvalue weighted by Crippen LogP contribution is -2.46. The van der Waals surface area contributed by atoms with Crippen molar-refractivity contribution in [3.8, 4) is 5.75 Å². The Morgan fingerprint density at radius 3 is 2.68 bits per heavy atom. The van der Waals surface area contributed by atoms with Crippen LogP contribution < -0.4 is 14.8 Å². The molecule has 44 heavy (non-hydrogen) atoms. The Kier molecular flexibility index (Phi) is 12.0. The summed E-state index contributed by atoms with van der Waals surface area (Å²) in [6.07, 6.45) is 6.79. The maximum Gasteiger partial charge on any atom is 0.335 e. The molecule has 0 bridgehead atoms. The SMILES string of the molecule is CCCc1c(C2COc3ccc(C(=O)O)cc3N(C[C@@H]3CCC3C(OC(C)=O)/C(C)=C/CCC(C)SN)C2)ccc(Cl)c1F. The molecule has 10 heteroatoms. The highest BCUT2D eigenvalue weighted by Gasteiger charge is 2.41. The third-order valence-corrected chi connectivity index (χ3v) is 9.93. The minimum atomic E-state index is -1.02. The Labute approximate surface area is 269 Å². The van der Waals surface area contributed by atoms with Crippen LogP contribution in [0.1, 0.15) is 87.2 Å². The van der Waals surface area contributed by atoms with E-state index in [9.17, 15) is 14.7 Å². The van der Waals surface area contributed by atoms with Crippen LogP contribution in [-0.4, -0.2) is 48.1 Å². The van der Waals surface area contributed by atoms with Gasteiger partial charge in [0.1, 0.15) is 17.7 Å². The first-order valence-electron chi connectivity index (χ1n) is 15.4. The first kappa shape index (κ1) is 34.1. The van der Waals surface area contributed by atoms with Crippen molar-refractivity contribution in [2.75, 3.05) is 24.6 Å². The second-order valence-corrected chi connectivity index (χ2v) is 13.6. The number of carboxylic acids is 1. The molecule has 1 aliphatic carbocycles.